The summed E-state index contributed by atoms with van der Waals surface area (Å²) in [5.41, 5.74) is 0.963. The van der Waals surface area contributed by atoms with Crippen molar-refractivity contribution < 1.29 is 14.6 Å². The van der Waals surface area contributed by atoms with E-state index < -0.39 is 0 Å². The first kappa shape index (κ1) is 20.8. The molecule has 0 bridgehead atoms. The predicted octanol–water partition coefficient (Wildman–Crippen LogP) is 2.58. The summed E-state index contributed by atoms with van der Waals surface area (Å²) in [7, 11) is 0. The second-order valence-electron chi connectivity index (χ2n) is 6.51. The first-order valence-electron chi connectivity index (χ1n) is 9.24. The van der Waals surface area contributed by atoms with E-state index in [-0.39, 0.29) is 12.0 Å². The largest absolute Gasteiger partial charge is 0.493 e. The van der Waals surface area contributed by atoms with Gasteiger partial charge < -0.3 is 25.2 Å². The number of aliphatic hydroxyl groups excluding tert-OH is 1. The highest BCUT2D eigenvalue weighted by Crippen LogP contribution is 2.31. The van der Waals surface area contributed by atoms with Gasteiger partial charge in [-0.3, -0.25) is 0 Å². The Bertz CT molecular complexity index is 589. The van der Waals surface area contributed by atoms with Crippen molar-refractivity contribution in [3.05, 3.63) is 28.8 Å². The van der Waals surface area contributed by atoms with Crippen LogP contribution in [-0.4, -0.2) is 50.6 Å². The van der Waals surface area contributed by atoms with Crippen LogP contribution in [-0.2, 0) is 11.3 Å². The van der Waals surface area contributed by atoms with Crippen LogP contribution < -0.4 is 15.4 Å². The topological polar surface area (TPSA) is 75.1 Å². The van der Waals surface area contributed by atoms with Crippen LogP contribution in [0, 0.1) is 5.41 Å². The minimum atomic E-state index is -0.0261. The Hall–Kier alpha value is -1.50. The van der Waals surface area contributed by atoms with E-state index in [9.17, 15) is 5.11 Å². The van der Waals surface area contributed by atoms with Gasteiger partial charge in [-0.15, -0.1) is 0 Å². The summed E-state index contributed by atoms with van der Waals surface area (Å²) in [5, 5.41) is 16.7. The summed E-state index contributed by atoms with van der Waals surface area (Å²) in [6, 6.07) is 5.61. The van der Waals surface area contributed by atoms with Crippen molar-refractivity contribution in [2.45, 2.75) is 33.2 Å². The van der Waals surface area contributed by atoms with E-state index in [4.69, 9.17) is 21.1 Å². The van der Waals surface area contributed by atoms with Gasteiger partial charge in [0.05, 0.1) is 19.8 Å². The van der Waals surface area contributed by atoms with Crippen LogP contribution in [0.15, 0.2) is 23.2 Å². The SMILES string of the molecule is CCNC(=NCc1ccc(Cl)cc1OCC)NCC1(CCO)CCOC1. The maximum Gasteiger partial charge on any atom is 0.191 e. The first-order chi connectivity index (χ1) is 12.6. The van der Waals surface area contributed by atoms with Crippen LogP contribution in [0.1, 0.15) is 32.3 Å². The molecule has 0 saturated carbocycles. The molecule has 6 nitrogen and oxygen atoms in total. The Morgan fingerprint density at radius 1 is 1.38 bits per heavy atom. The van der Waals surface area contributed by atoms with E-state index in [1.807, 2.05) is 32.0 Å². The van der Waals surface area contributed by atoms with E-state index in [0.717, 1.165) is 49.8 Å². The van der Waals surface area contributed by atoms with Crippen molar-refractivity contribution in [2.24, 2.45) is 10.4 Å². The number of hydrogen-bond acceptors (Lipinski definition) is 4. The number of aliphatic imine (C=N–C) groups is 1. The van der Waals surface area contributed by atoms with Crippen LogP contribution in [0.3, 0.4) is 0 Å². The Kier molecular flexibility index (Phi) is 8.48. The summed E-state index contributed by atoms with van der Waals surface area (Å²) < 4.78 is 11.2. The van der Waals surface area contributed by atoms with Crippen LogP contribution >= 0.6 is 11.6 Å². The van der Waals surface area contributed by atoms with Gasteiger partial charge in [-0.2, -0.15) is 0 Å². The quantitative estimate of drug-likeness (QED) is 0.451. The van der Waals surface area contributed by atoms with Gasteiger partial charge in [-0.1, -0.05) is 17.7 Å². The Balaban J connectivity index is 2.04. The molecule has 26 heavy (non-hydrogen) atoms. The van der Waals surface area contributed by atoms with Crippen molar-refractivity contribution >= 4 is 17.6 Å². The van der Waals surface area contributed by atoms with Gasteiger partial charge in [0.25, 0.3) is 0 Å². The molecule has 1 atom stereocenters. The molecule has 1 aliphatic heterocycles. The monoisotopic (exact) mass is 383 g/mol. The maximum absolute atomic E-state index is 9.36. The number of hydrogen-bond donors (Lipinski definition) is 3. The second-order valence-corrected chi connectivity index (χ2v) is 6.95. The van der Waals surface area contributed by atoms with Crippen molar-refractivity contribution in [3.63, 3.8) is 0 Å². The molecule has 1 heterocycles. The minimum absolute atomic E-state index is 0.0261. The molecule has 1 unspecified atom stereocenters. The van der Waals surface area contributed by atoms with Gasteiger partial charge in [-0.25, -0.2) is 4.99 Å². The fourth-order valence-electron chi connectivity index (χ4n) is 3.04. The third kappa shape index (κ3) is 6.04. The normalized spacial score (nSPS) is 20.2. The first-order valence-corrected chi connectivity index (χ1v) is 9.62. The predicted molar refractivity (Wildman–Crippen MR) is 105 cm³/mol. The van der Waals surface area contributed by atoms with Gasteiger partial charge in [-0.05, 0) is 38.8 Å². The third-order valence-corrected chi connectivity index (χ3v) is 4.77. The summed E-state index contributed by atoms with van der Waals surface area (Å²) in [6.45, 7) is 8.14. The molecule has 2 rings (SSSR count). The number of halogens is 1. The molecule has 7 heteroatoms. The average Bonchev–Trinajstić information content (AvgIpc) is 3.08. The van der Waals surface area contributed by atoms with Crippen LogP contribution in [0.2, 0.25) is 5.02 Å². The number of ether oxygens (including phenoxy) is 2. The molecule has 1 saturated heterocycles. The van der Waals surface area contributed by atoms with Crippen molar-refractivity contribution in [2.75, 3.05) is 39.5 Å². The molecule has 0 radical (unpaired) electrons. The average molecular weight is 384 g/mol. The molecule has 1 aromatic rings. The van der Waals surface area contributed by atoms with Crippen molar-refractivity contribution in [3.8, 4) is 5.75 Å². The zero-order valence-electron chi connectivity index (χ0n) is 15.7. The van der Waals surface area contributed by atoms with Crippen LogP contribution in [0.5, 0.6) is 5.75 Å². The molecule has 1 aromatic carbocycles. The highest BCUT2D eigenvalue weighted by Gasteiger charge is 2.34. The number of nitrogens with one attached hydrogen (secondary N) is 2. The highest BCUT2D eigenvalue weighted by atomic mass is 35.5. The Morgan fingerprint density at radius 3 is 2.88 bits per heavy atom. The van der Waals surface area contributed by atoms with Gasteiger partial charge in [0.2, 0.25) is 0 Å². The smallest absolute Gasteiger partial charge is 0.191 e. The van der Waals surface area contributed by atoms with E-state index in [0.29, 0.717) is 24.8 Å². The lowest BCUT2D eigenvalue weighted by molar-refractivity contribution is 0.127. The second kappa shape index (κ2) is 10.6. The lowest BCUT2D eigenvalue weighted by Gasteiger charge is -2.27. The van der Waals surface area contributed by atoms with Gasteiger partial charge in [0.1, 0.15) is 5.75 Å². The number of rotatable bonds is 9. The van der Waals surface area contributed by atoms with E-state index in [1.165, 1.54) is 0 Å². The molecular weight excluding hydrogens is 354 g/mol. The van der Waals surface area contributed by atoms with Gasteiger partial charge in [0, 0.05) is 42.3 Å². The fourth-order valence-corrected chi connectivity index (χ4v) is 3.20. The van der Waals surface area contributed by atoms with E-state index >= 15 is 0 Å². The third-order valence-electron chi connectivity index (χ3n) is 4.54. The molecule has 0 amide bonds. The summed E-state index contributed by atoms with van der Waals surface area (Å²) in [5.74, 6) is 1.51. The molecule has 0 spiro atoms. The number of aliphatic hydroxyl groups is 1. The molecule has 0 aliphatic carbocycles. The zero-order valence-corrected chi connectivity index (χ0v) is 16.4. The number of benzene rings is 1. The fraction of sp³-hybridized carbons (Fsp3) is 0.632. The Labute approximate surface area is 160 Å². The van der Waals surface area contributed by atoms with Crippen molar-refractivity contribution in [1.29, 1.82) is 0 Å². The summed E-state index contributed by atoms with van der Waals surface area (Å²) in [6.07, 6.45) is 1.68. The summed E-state index contributed by atoms with van der Waals surface area (Å²) in [4.78, 5) is 4.68. The zero-order chi connectivity index (χ0) is 18.8. The van der Waals surface area contributed by atoms with E-state index in [1.54, 1.807) is 0 Å². The molecule has 0 aromatic heterocycles. The summed E-state index contributed by atoms with van der Waals surface area (Å²) >= 11 is 6.06. The molecule has 1 aliphatic rings. The van der Waals surface area contributed by atoms with Crippen LogP contribution in [0.25, 0.3) is 0 Å². The molecule has 146 valence electrons. The lowest BCUT2D eigenvalue weighted by atomic mass is 9.84. The standard InChI is InChI=1S/C19H30ClN3O3/c1-3-21-18(23-13-19(7-9-24)8-10-25-14-19)22-12-15-5-6-16(20)11-17(15)26-4-2/h5-6,11,24H,3-4,7-10,12-14H2,1-2H3,(H2,21,22,23). The van der Waals surface area contributed by atoms with Gasteiger partial charge >= 0.3 is 0 Å². The molecular formula is C19H30ClN3O3. The van der Waals surface area contributed by atoms with Crippen molar-refractivity contribution in [1.82, 2.24) is 10.6 Å². The Morgan fingerprint density at radius 2 is 2.23 bits per heavy atom. The van der Waals surface area contributed by atoms with Crippen LogP contribution in [0.4, 0.5) is 0 Å². The van der Waals surface area contributed by atoms with Gasteiger partial charge in [0.15, 0.2) is 5.96 Å². The highest BCUT2D eigenvalue weighted by molar-refractivity contribution is 6.30. The number of guanidine groups is 1. The molecule has 3 N–H and O–H groups in total. The lowest BCUT2D eigenvalue weighted by Crippen LogP contribution is -2.44. The number of nitrogens with zero attached hydrogens (tertiary/aromatic N) is 1. The van der Waals surface area contributed by atoms with E-state index in [2.05, 4.69) is 15.6 Å². The minimum Gasteiger partial charge on any atom is -0.493 e. The molecule has 1 fully saturated rings. The maximum atomic E-state index is 9.36.